The van der Waals surface area contributed by atoms with Crippen molar-refractivity contribution in [2.24, 2.45) is 5.16 Å². The summed E-state index contributed by atoms with van der Waals surface area (Å²) < 4.78 is 25.7. The van der Waals surface area contributed by atoms with Crippen LogP contribution in [0.5, 0.6) is 0 Å². The Hall–Kier alpha value is -2.45. The van der Waals surface area contributed by atoms with E-state index in [0.29, 0.717) is 16.9 Å². The summed E-state index contributed by atoms with van der Waals surface area (Å²) in [6, 6.07) is 14.0. The molecule has 0 spiro atoms. The molecule has 0 bridgehead atoms. The standard InChI is InChI=1S/C17H14BrN3O3S/c1-25(23,24)16-8-6-15(7-9-16)21-11-13(10-19-22)17(20-21)12-2-4-14(18)5-3-12/h2-11,22H,1H3/b19-10+. The van der Waals surface area contributed by atoms with Gasteiger partial charge in [0.25, 0.3) is 0 Å². The minimum Gasteiger partial charge on any atom is -0.411 e. The van der Waals surface area contributed by atoms with E-state index in [1.165, 1.54) is 18.3 Å². The Balaban J connectivity index is 2.06. The zero-order valence-corrected chi connectivity index (χ0v) is 15.6. The lowest BCUT2D eigenvalue weighted by molar-refractivity contribution is 0.322. The van der Waals surface area contributed by atoms with E-state index in [9.17, 15) is 8.42 Å². The fourth-order valence-electron chi connectivity index (χ4n) is 2.35. The molecule has 1 N–H and O–H groups in total. The molecule has 1 aromatic heterocycles. The molecule has 3 rings (SSSR count). The number of oxime groups is 1. The van der Waals surface area contributed by atoms with Crippen LogP contribution in [0.25, 0.3) is 16.9 Å². The van der Waals surface area contributed by atoms with Crippen molar-refractivity contribution in [3.63, 3.8) is 0 Å². The third-order valence-corrected chi connectivity index (χ3v) is 5.24. The maximum Gasteiger partial charge on any atom is 0.175 e. The van der Waals surface area contributed by atoms with Crippen molar-refractivity contribution in [1.29, 1.82) is 0 Å². The Bertz CT molecular complexity index is 1020. The first-order valence-electron chi connectivity index (χ1n) is 7.22. The van der Waals surface area contributed by atoms with Gasteiger partial charge in [0.2, 0.25) is 0 Å². The van der Waals surface area contributed by atoms with Gasteiger partial charge in [-0.05, 0) is 36.4 Å². The van der Waals surface area contributed by atoms with Gasteiger partial charge in [0.1, 0.15) is 5.69 Å². The second-order valence-electron chi connectivity index (χ2n) is 5.40. The predicted molar refractivity (Wildman–Crippen MR) is 99.2 cm³/mol. The first-order valence-corrected chi connectivity index (χ1v) is 9.90. The number of benzene rings is 2. The average Bonchev–Trinajstić information content (AvgIpc) is 2.99. The molecule has 0 amide bonds. The predicted octanol–water partition coefficient (Wildman–Crippen LogP) is 3.51. The fraction of sp³-hybridized carbons (Fsp3) is 0.0588. The van der Waals surface area contributed by atoms with Crippen LogP contribution in [0.3, 0.4) is 0 Å². The molecule has 2 aromatic carbocycles. The van der Waals surface area contributed by atoms with Crippen molar-refractivity contribution in [2.45, 2.75) is 4.90 Å². The van der Waals surface area contributed by atoms with Crippen LogP contribution in [0, 0.1) is 0 Å². The lowest BCUT2D eigenvalue weighted by Gasteiger charge is -2.03. The Morgan fingerprint density at radius 2 is 1.76 bits per heavy atom. The van der Waals surface area contributed by atoms with Crippen LogP contribution in [-0.4, -0.2) is 35.9 Å². The van der Waals surface area contributed by atoms with Crippen molar-refractivity contribution in [3.05, 3.63) is 64.8 Å². The van der Waals surface area contributed by atoms with Gasteiger partial charge in [0, 0.05) is 28.1 Å². The molecule has 0 atom stereocenters. The second kappa shape index (κ2) is 6.81. The monoisotopic (exact) mass is 419 g/mol. The van der Waals surface area contributed by atoms with Crippen molar-refractivity contribution < 1.29 is 13.6 Å². The van der Waals surface area contributed by atoms with Gasteiger partial charge in [-0.1, -0.05) is 33.2 Å². The van der Waals surface area contributed by atoms with Crippen LogP contribution in [0.1, 0.15) is 5.56 Å². The van der Waals surface area contributed by atoms with Gasteiger partial charge in [-0.3, -0.25) is 0 Å². The number of hydrogen-bond donors (Lipinski definition) is 1. The third-order valence-electron chi connectivity index (χ3n) is 3.59. The Kier molecular flexibility index (Phi) is 4.73. The quantitative estimate of drug-likeness (QED) is 0.398. The van der Waals surface area contributed by atoms with E-state index < -0.39 is 9.84 Å². The van der Waals surface area contributed by atoms with E-state index in [0.717, 1.165) is 16.3 Å². The lowest BCUT2D eigenvalue weighted by atomic mass is 10.1. The maximum absolute atomic E-state index is 11.6. The Morgan fingerprint density at radius 3 is 2.32 bits per heavy atom. The van der Waals surface area contributed by atoms with Crippen molar-refractivity contribution >= 4 is 32.0 Å². The number of halogens is 1. The summed E-state index contributed by atoms with van der Waals surface area (Å²) in [7, 11) is -3.25. The van der Waals surface area contributed by atoms with E-state index in [1.807, 2.05) is 24.3 Å². The van der Waals surface area contributed by atoms with Gasteiger partial charge in [-0.2, -0.15) is 5.10 Å². The minimum absolute atomic E-state index is 0.244. The topological polar surface area (TPSA) is 84.5 Å². The summed E-state index contributed by atoms with van der Waals surface area (Å²) in [4.78, 5) is 0.244. The van der Waals surface area contributed by atoms with E-state index in [1.54, 1.807) is 23.0 Å². The fourth-order valence-corrected chi connectivity index (χ4v) is 3.25. The highest BCUT2D eigenvalue weighted by atomic mass is 79.9. The smallest absolute Gasteiger partial charge is 0.175 e. The first kappa shape index (κ1) is 17.4. The molecular weight excluding hydrogens is 406 g/mol. The van der Waals surface area contributed by atoms with E-state index >= 15 is 0 Å². The molecule has 0 radical (unpaired) electrons. The summed E-state index contributed by atoms with van der Waals surface area (Å²) in [5.41, 5.74) is 2.85. The minimum atomic E-state index is -3.25. The van der Waals surface area contributed by atoms with Crippen molar-refractivity contribution in [1.82, 2.24) is 9.78 Å². The van der Waals surface area contributed by atoms with Crippen LogP contribution in [0.2, 0.25) is 0 Å². The van der Waals surface area contributed by atoms with Crippen LogP contribution < -0.4 is 0 Å². The number of aromatic nitrogens is 2. The summed E-state index contributed by atoms with van der Waals surface area (Å²) in [5.74, 6) is 0. The van der Waals surface area contributed by atoms with Crippen molar-refractivity contribution in [2.75, 3.05) is 6.26 Å². The molecule has 0 aliphatic carbocycles. The Labute approximate surface area is 153 Å². The molecule has 0 aliphatic heterocycles. The molecule has 128 valence electrons. The molecule has 25 heavy (non-hydrogen) atoms. The summed E-state index contributed by atoms with van der Waals surface area (Å²) in [6.45, 7) is 0. The summed E-state index contributed by atoms with van der Waals surface area (Å²) in [6.07, 6.45) is 4.19. The number of sulfone groups is 1. The van der Waals surface area contributed by atoms with Gasteiger partial charge < -0.3 is 5.21 Å². The second-order valence-corrected chi connectivity index (χ2v) is 8.33. The lowest BCUT2D eigenvalue weighted by Crippen LogP contribution is -1.99. The van der Waals surface area contributed by atoms with Crippen molar-refractivity contribution in [3.8, 4) is 16.9 Å². The third kappa shape index (κ3) is 3.80. The van der Waals surface area contributed by atoms with Crippen LogP contribution in [0.4, 0.5) is 0 Å². The zero-order chi connectivity index (χ0) is 18.0. The molecular formula is C17H14BrN3O3S. The first-order chi connectivity index (χ1) is 11.9. The molecule has 1 heterocycles. The average molecular weight is 420 g/mol. The molecule has 0 saturated carbocycles. The van der Waals surface area contributed by atoms with E-state index in [4.69, 9.17) is 5.21 Å². The number of nitrogens with zero attached hydrogens (tertiary/aromatic N) is 3. The molecule has 0 aliphatic rings. The molecule has 0 fully saturated rings. The normalized spacial score (nSPS) is 11.9. The van der Waals surface area contributed by atoms with Gasteiger partial charge >= 0.3 is 0 Å². The summed E-state index contributed by atoms with van der Waals surface area (Å²) >= 11 is 3.39. The maximum atomic E-state index is 11.6. The molecule has 6 nitrogen and oxygen atoms in total. The van der Waals surface area contributed by atoms with Crippen LogP contribution in [-0.2, 0) is 9.84 Å². The highest BCUT2D eigenvalue weighted by molar-refractivity contribution is 9.10. The molecule has 8 heteroatoms. The number of rotatable bonds is 4. The van der Waals surface area contributed by atoms with Gasteiger partial charge in [-0.25, -0.2) is 13.1 Å². The molecule has 0 unspecified atom stereocenters. The highest BCUT2D eigenvalue weighted by Crippen LogP contribution is 2.25. The van der Waals surface area contributed by atoms with Gasteiger partial charge in [0.15, 0.2) is 9.84 Å². The van der Waals surface area contributed by atoms with Crippen LogP contribution in [0.15, 0.2) is 69.3 Å². The van der Waals surface area contributed by atoms with Crippen LogP contribution >= 0.6 is 15.9 Å². The summed E-state index contributed by atoms with van der Waals surface area (Å²) in [5, 5.41) is 16.5. The van der Waals surface area contributed by atoms with Gasteiger partial charge in [0.05, 0.1) is 16.8 Å². The Morgan fingerprint density at radius 1 is 1.12 bits per heavy atom. The van der Waals surface area contributed by atoms with E-state index in [2.05, 4.69) is 26.2 Å². The van der Waals surface area contributed by atoms with E-state index in [-0.39, 0.29) is 4.90 Å². The molecule has 0 saturated heterocycles. The largest absolute Gasteiger partial charge is 0.411 e. The highest BCUT2D eigenvalue weighted by Gasteiger charge is 2.12. The zero-order valence-electron chi connectivity index (χ0n) is 13.2. The molecule has 3 aromatic rings. The van der Waals surface area contributed by atoms with Gasteiger partial charge in [-0.15, -0.1) is 0 Å². The SMILES string of the molecule is CS(=O)(=O)c1ccc(-n2cc(/C=N/O)c(-c3ccc(Br)cc3)n2)cc1. The number of hydrogen-bond acceptors (Lipinski definition) is 5.